The fraction of sp³-hybridized carbons (Fsp3) is 0.375. The van der Waals surface area contributed by atoms with Crippen molar-refractivity contribution in [3.05, 3.63) is 77.5 Å². The summed E-state index contributed by atoms with van der Waals surface area (Å²) in [5, 5.41) is 0. The molecular weight excluding hydrogens is 330 g/mol. The molecule has 3 heteroatoms. The zero-order chi connectivity index (χ0) is 19.4. The van der Waals surface area contributed by atoms with Gasteiger partial charge in [0, 0.05) is 36.0 Å². The molecule has 0 saturated heterocycles. The molecule has 0 aliphatic rings. The van der Waals surface area contributed by atoms with Crippen molar-refractivity contribution in [2.75, 3.05) is 0 Å². The normalized spacial score (nSPS) is 12.6. The van der Waals surface area contributed by atoms with E-state index in [1.165, 1.54) is 16.7 Å². The van der Waals surface area contributed by atoms with Crippen LogP contribution in [0.5, 0.6) is 0 Å². The second-order valence-corrected chi connectivity index (χ2v) is 7.99. The van der Waals surface area contributed by atoms with Crippen LogP contribution < -0.4 is 0 Å². The standard InChI is InChI=1S/C24H29N3/c1-16(2)20-8-9-26-24(12-20)22-11-21(14-25-15-22)18(5)10-19-6-7-23(17(3)4)27-13-19/h6-9,11-18H,10H2,1-5H3. The van der Waals surface area contributed by atoms with Gasteiger partial charge in [0.15, 0.2) is 0 Å². The number of hydrogen-bond donors (Lipinski definition) is 0. The van der Waals surface area contributed by atoms with Gasteiger partial charge in [-0.2, -0.15) is 0 Å². The molecule has 0 spiro atoms. The first-order valence-electron chi connectivity index (χ1n) is 9.80. The smallest absolute Gasteiger partial charge is 0.0720 e. The molecule has 27 heavy (non-hydrogen) atoms. The molecule has 3 aromatic heterocycles. The lowest BCUT2D eigenvalue weighted by Gasteiger charge is -2.14. The Hall–Kier alpha value is -2.55. The third-order valence-electron chi connectivity index (χ3n) is 5.06. The van der Waals surface area contributed by atoms with Crippen LogP contribution in [0, 0.1) is 0 Å². The van der Waals surface area contributed by atoms with E-state index in [2.05, 4.69) is 79.9 Å². The maximum Gasteiger partial charge on any atom is 0.0720 e. The maximum absolute atomic E-state index is 4.59. The third-order valence-corrected chi connectivity index (χ3v) is 5.06. The van der Waals surface area contributed by atoms with Crippen LogP contribution in [0.2, 0.25) is 0 Å². The molecule has 0 saturated carbocycles. The monoisotopic (exact) mass is 359 g/mol. The van der Waals surface area contributed by atoms with Gasteiger partial charge in [0.1, 0.15) is 0 Å². The van der Waals surface area contributed by atoms with Crippen LogP contribution in [0.25, 0.3) is 11.3 Å². The van der Waals surface area contributed by atoms with Gasteiger partial charge in [-0.05, 0) is 65.1 Å². The van der Waals surface area contributed by atoms with Crippen LogP contribution in [0.1, 0.15) is 74.8 Å². The third kappa shape index (κ3) is 4.79. The Morgan fingerprint density at radius 2 is 1.59 bits per heavy atom. The largest absolute Gasteiger partial charge is 0.264 e. The Morgan fingerprint density at radius 1 is 0.778 bits per heavy atom. The van der Waals surface area contributed by atoms with E-state index < -0.39 is 0 Å². The van der Waals surface area contributed by atoms with Crippen molar-refractivity contribution in [3.8, 4) is 11.3 Å². The molecule has 0 aliphatic carbocycles. The minimum atomic E-state index is 0.373. The van der Waals surface area contributed by atoms with Gasteiger partial charge in [-0.3, -0.25) is 15.0 Å². The Kier molecular flexibility index (Phi) is 6.00. The highest BCUT2D eigenvalue weighted by Gasteiger charge is 2.11. The van der Waals surface area contributed by atoms with Crippen molar-refractivity contribution >= 4 is 0 Å². The Labute approximate surface area is 162 Å². The zero-order valence-electron chi connectivity index (χ0n) is 17.0. The fourth-order valence-electron chi connectivity index (χ4n) is 3.20. The summed E-state index contributed by atoms with van der Waals surface area (Å²) in [6, 6.07) is 10.8. The second-order valence-electron chi connectivity index (χ2n) is 7.99. The fourth-order valence-corrected chi connectivity index (χ4v) is 3.20. The molecule has 0 bridgehead atoms. The second kappa shape index (κ2) is 8.43. The molecule has 3 heterocycles. The molecule has 0 aliphatic heterocycles. The topological polar surface area (TPSA) is 38.7 Å². The number of rotatable bonds is 6. The number of aromatic nitrogens is 3. The maximum atomic E-state index is 4.59. The van der Waals surface area contributed by atoms with Crippen LogP contribution in [0.4, 0.5) is 0 Å². The first-order valence-corrected chi connectivity index (χ1v) is 9.80. The van der Waals surface area contributed by atoms with Crippen molar-refractivity contribution in [2.24, 2.45) is 0 Å². The van der Waals surface area contributed by atoms with Crippen molar-refractivity contribution in [3.63, 3.8) is 0 Å². The van der Waals surface area contributed by atoms with E-state index in [0.717, 1.165) is 23.4 Å². The van der Waals surface area contributed by atoms with E-state index in [0.29, 0.717) is 17.8 Å². The van der Waals surface area contributed by atoms with Crippen LogP contribution >= 0.6 is 0 Å². The van der Waals surface area contributed by atoms with Gasteiger partial charge in [0.2, 0.25) is 0 Å². The molecule has 0 aromatic carbocycles. The SMILES string of the molecule is CC(C)c1ccnc(-c2cncc(C(C)Cc3ccc(C(C)C)nc3)c2)c1. The molecular formula is C24H29N3. The average molecular weight is 360 g/mol. The van der Waals surface area contributed by atoms with Gasteiger partial charge >= 0.3 is 0 Å². The highest BCUT2D eigenvalue weighted by atomic mass is 14.7. The van der Waals surface area contributed by atoms with Crippen LogP contribution in [-0.4, -0.2) is 15.0 Å². The van der Waals surface area contributed by atoms with Crippen molar-refractivity contribution in [1.82, 2.24) is 15.0 Å². The molecule has 1 unspecified atom stereocenters. The van der Waals surface area contributed by atoms with Gasteiger partial charge < -0.3 is 0 Å². The highest BCUT2D eigenvalue weighted by Crippen LogP contribution is 2.26. The van der Waals surface area contributed by atoms with Gasteiger partial charge in [0.05, 0.1) is 5.69 Å². The minimum Gasteiger partial charge on any atom is -0.264 e. The molecule has 0 radical (unpaired) electrons. The van der Waals surface area contributed by atoms with Crippen molar-refractivity contribution in [2.45, 2.75) is 58.8 Å². The summed E-state index contributed by atoms with van der Waals surface area (Å²) >= 11 is 0. The van der Waals surface area contributed by atoms with Crippen LogP contribution in [0.3, 0.4) is 0 Å². The Bertz CT molecular complexity index is 882. The van der Waals surface area contributed by atoms with Crippen molar-refractivity contribution < 1.29 is 0 Å². The Morgan fingerprint density at radius 3 is 2.26 bits per heavy atom. The van der Waals surface area contributed by atoms with Crippen LogP contribution in [-0.2, 0) is 6.42 Å². The molecule has 3 rings (SSSR count). The summed E-state index contributed by atoms with van der Waals surface area (Å²) in [6.45, 7) is 11.0. The molecule has 3 aromatic rings. The lowest BCUT2D eigenvalue weighted by atomic mass is 9.93. The summed E-state index contributed by atoms with van der Waals surface area (Å²) in [4.78, 5) is 13.6. The van der Waals surface area contributed by atoms with Crippen molar-refractivity contribution in [1.29, 1.82) is 0 Å². The average Bonchev–Trinajstić information content (AvgIpc) is 2.68. The molecule has 0 fully saturated rings. The minimum absolute atomic E-state index is 0.373. The molecule has 1 atom stereocenters. The van der Waals surface area contributed by atoms with E-state index in [9.17, 15) is 0 Å². The van der Waals surface area contributed by atoms with Gasteiger partial charge in [-0.1, -0.05) is 40.7 Å². The summed E-state index contributed by atoms with van der Waals surface area (Å²) in [7, 11) is 0. The quantitative estimate of drug-likeness (QED) is 0.531. The number of nitrogens with zero attached hydrogens (tertiary/aromatic N) is 3. The predicted molar refractivity (Wildman–Crippen MR) is 112 cm³/mol. The lowest BCUT2D eigenvalue weighted by molar-refractivity contribution is 0.746. The first kappa shape index (κ1) is 19.2. The number of pyridine rings is 3. The molecule has 3 nitrogen and oxygen atoms in total. The van der Waals surface area contributed by atoms with E-state index in [-0.39, 0.29) is 0 Å². The van der Waals surface area contributed by atoms with E-state index >= 15 is 0 Å². The summed E-state index contributed by atoms with van der Waals surface area (Å²) in [6.07, 6.45) is 8.73. The lowest BCUT2D eigenvalue weighted by Crippen LogP contribution is -2.01. The highest BCUT2D eigenvalue weighted by molar-refractivity contribution is 5.59. The van der Waals surface area contributed by atoms with Gasteiger partial charge in [0.25, 0.3) is 0 Å². The number of hydrogen-bond acceptors (Lipinski definition) is 3. The molecule has 0 amide bonds. The van der Waals surface area contributed by atoms with Crippen LogP contribution in [0.15, 0.2) is 55.1 Å². The summed E-state index contributed by atoms with van der Waals surface area (Å²) in [5.74, 6) is 1.33. The molecule has 0 N–H and O–H groups in total. The first-order chi connectivity index (χ1) is 12.9. The summed E-state index contributed by atoms with van der Waals surface area (Å²) < 4.78 is 0. The van der Waals surface area contributed by atoms with E-state index in [4.69, 9.17) is 0 Å². The Balaban J connectivity index is 1.79. The zero-order valence-corrected chi connectivity index (χ0v) is 17.0. The van der Waals surface area contributed by atoms with E-state index in [1.807, 2.05) is 24.8 Å². The van der Waals surface area contributed by atoms with Gasteiger partial charge in [-0.15, -0.1) is 0 Å². The van der Waals surface area contributed by atoms with Gasteiger partial charge in [-0.25, -0.2) is 0 Å². The predicted octanol–water partition coefficient (Wildman–Crippen LogP) is 6.13. The van der Waals surface area contributed by atoms with E-state index in [1.54, 1.807) is 0 Å². The molecule has 140 valence electrons. The summed E-state index contributed by atoms with van der Waals surface area (Å²) in [5.41, 5.74) is 7.01.